The number of carbonyl (C=O) groups excluding carboxylic acids is 2. The number of rotatable bonds is 1. The molecule has 5 nitrogen and oxygen atoms in total. The van der Waals surface area contributed by atoms with Gasteiger partial charge in [-0.15, -0.1) is 0 Å². The lowest BCUT2D eigenvalue weighted by Gasteiger charge is -2.23. The van der Waals surface area contributed by atoms with Crippen LogP contribution in [0.15, 0.2) is 24.3 Å². The summed E-state index contributed by atoms with van der Waals surface area (Å²) in [6.07, 6.45) is -1.22. The van der Waals surface area contributed by atoms with Crippen molar-refractivity contribution in [1.82, 2.24) is 0 Å². The molecule has 1 atom stereocenters. The van der Waals surface area contributed by atoms with Crippen LogP contribution in [0.4, 0.5) is 5.69 Å². The molecule has 2 rings (SSSR count). The average Bonchev–Trinajstić information content (AvgIpc) is 2.27. The molecule has 1 aromatic carbocycles. The van der Waals surface area contributed by atoms with E-state index in [-0.39, 0.29) is 0 Å². The van der Waals surface area contributed by atoms with E-state index in [1.165, 1.54) is 7.11 Å². The van der Waals surface area contributed by atoms with Crippen molar-refractivity contribution in [3.8, 4) is 5.75 Å². The van der Waals surface area contributed by atoms with Gasteiger partial charge in [-0.3, -0.25) is 4.79 Å². The van der Waals surface area contributed by atoms with Crippen LogP contribution >= 0.6 is 0 Å². The number of methoxy groups -OCH3 is 1. The molecule has 1 aliphatic rings. The fourth-order valence-corrected chi connectivity index (χ4v) is 1.31. The molecule has 1 amide bonds. The first-order chi connectivity index (χ1) is 7.22. The zero-order valence-electron chi connectivity index (χ0n) is 8.02. The Morgan fingerprint density at radius 2 is 2.20 bits per heavy atom. The summed E-state index contributed by atoms with van der Waals surface area (Å²) in [5.74, 6) is -0.755. The normalized spacial score (nSPS) is 18.5. The Bertz CT molecular complexity index is 416. The second kappa shape index (κ2) is 3.61. The van der Waals surface area contributed by atoms with Crippen molar-refractivity contribution in [3.05, 3.63) is 24.3 Å². The van der Waals surface area contributed by atoms with Crippen LogP contribution in [-0.2, 0) is 14.3 Å². The van der Waals surface area contributed by atoms with Gasteiger partial charge >= 0.3 is 5.97 Å². The number of amides is 1. The van der Waals surface area contributed by atoms with E-state index >= 15 is 0 Å². The van der Waals surface area contributed by atoms with E-state index in [4.69, 9.17) is 4.74 Å². The summed E-state index contributed by atoms with van der Waals surface area (Å²) in [7, 11) is 1.21. The maximum atomic E-state index is 11.4. The van der Waals surface area contributed by atoms with Crippen molar-refractivity contribution in [3.63, 3.8) is 0 Å². The maximum Gasteiger partial charge on any atom is 0.357 e. The molecule has 15 heavy (non-hydrogen) atoms. The number of hydrogen-bond acceptors (Lipinski definition) is 4. The van der Waals surface area contributed by atoms with Crippen LogP contribution in [0.5, 0.6) is 5.75 Å². The largest absolute Gasteiger partial charge is 0.466 e. The molecule has 1 N–H and O–H groups in total. The van der Waals surface area contributed by atoms with E-state index in [2.05, 4.69) is 10.1 Å². The fourth-order valence-electron chi connectivity index (χ4n) is 1.31. The fraction of sp³-hybridized carbons (Fsp3) is 0.200. The topological polar surface area (TPSA) is 64.6 Å². The molecule has 1 unspecified atom stereocenters. The van der Waals surface area contributed by atoms with Gasteiger partial charge < -0.3 is 14.8 Å². The summed E-state index contributed by atoms with van der Waals surface area (Å²) in [5, 5.41) is 2.56. The van der Waals surface area contributed by atoms with E-state index in [9.17, 15) is 9.59 Å². The van der Waals surface area contributed by atoms with Crippen molar-refractivity contribution >= 4 is 17.6 Å². The van der Waals surface area contributed by atoms with Gasteiger partial charge in [-0.1, -0.05) is 12.1 Å². The van der Waals surface area contributed by atoms with Crippen LogP contribution in [0.1, 0.15) is 0 Å². The van der Waals surface area contributed by atoms with Crippen molar-refractivity contribution < 1.29 is 19.1 Å². The van der Waals surface area contributed by atoms with Crippen LogP contribution in [0.25, 0.3) is 0 Å². The molecule has 0 aromatic heterocycles. The Morgan fingerprint density at radius 1 is 1.47 bits per heavy atom. The summed E-state index contributed by atoms with van der Waals surface area (Å²) in [6.45, 7) is 0. The Hall–Kier alpha value is -2.04. The molecule has 78 valence electrons. The van der Waals surface area contributed by atoms with E-state index < -0.39 is 18.0 Å². The number of hydrogen-bond donors (Lipinski definition) is 1. The maximum absolute atomic E-state index is 11.4. The predicted octanol–water partition coefficient (Wildman–Crippen LogP) is 0.559. The van der Waals surface area contributed by atoms with Crippen LogP contribution < -0.4 is 10.1 Å². The van der Waals surface area contributed by atoms with Gasteiger partial charge in [0.15, 0.2) is 0 Å². The van der Waals surface area contributed by atoms with Gasteiger partial charge in [0.05, 0.1) is 12.8 Å². The van der Waals surface area contributed by atoms with Crippen LogP contribution in [0.2, 0.25) is 0 Å². The zero-order chi connectivity index (χ0) is 10.8. The van der Waals surface area contributed by atoms with Gasteiger partial charge in [0.25, 0.3) is 12.0 Å². The standard InChI is InChI=1S/C10H9NO4/c1-14-10(13)8-9(12)11-6-4-2-3-5-7(6)15-8/h2-5,8H,1H3,(H,11,12). The number of carbonyl (C=O) groups is 2. The number of nitrogens with one attached hydrogen (secondary N) is 1. The van der Waals surface area contributed by atoms with E-state index in [1.807, 2.05) is 0 Å². The number of fused-ring (bicyclic) bond motifs is 1. The third kappa shape index (κ3) is 1.63. The number of anilines is 1. The first-order valence-corrected chi connectivity index (χ1v) is 4.37. The van der Waals surface area contributed by atoms with E-state index in [0.717, 1.165) is 0 Å². The van der Waals surface area contributed by atoms with Gasteiger partial charge in [0.2, 0.25) is 0 Å². The summed E-state index contributed by atoms with van der Waals surface area (Å²) in [5.41, 5.74) is 0.558. The minimum atomic E-state index is -1.22. The van der Waals surface area contributed by atoms with Crippen LogP contribution in [0.3, 0.4) is 0 Å². The number of para-hydroxylation sites is 2. The molecule has 1 heterocycles. The lowest BCUT2D eigenvalue weighted by atomic mass is 10.2. The first kappa shape index (κ1) is 9.51. The van der Waals surface area contributed by atoms with Crippen molar-refractivity contribution in [1.29, 1.82) is 0 Å². The number of esters is 1. The summed E-state index contributed by atoms with van der Waals surface area (Å²) < 4.78 is 9.66. The minimum absolute atomic E-state index is 0.465. The van der Waals surface area contributed by atoms with Gasteiger partial charge in [0, 0.05) is 0 Å². The summed E-state index contributed by atoms with van der Waals surface area (Å²) >= 11 is 0. The molecule has 0 saturated carbocycles. The van der Waals surface area contributed by atoms with Gasteiger partial charge in [0.1, 0.15) is 5.75 Å². The van der Waals surface area contributed by atoms with Crippen LogP contribution in [-0.4, -0.2) is 25.1 Å². The Labute approximate surface area is 86.0 Å². The molecular formula is C10H9NO4. The molecule has 1 aromatic rings. The lowest BCUT2D eigenvalue weighted by Crippen LogP contribution is -2.43. The minimum Gasteiger partial charge on any atom is -0.466 e. The van der Waals surface area contributed by atoms with Gasteiger partial charge in [-0.25, -0.2) is 4.79 Å². The van der Waals surface area contributed by atoms with Gasteiger partial charge in [-0.05, 0) is 12.1 Å². The molecule has 0 aliphatic carbocycles. The van der Waals surface area contributed by atoms with Gasteiger partial charge in [-0.2, -0.15) is 0 Å². The second-order valence-corrected chi connectivity index (χ2v) is 3.01. The molecule has 0 fully saturated rings. The average molecular weight is 207 g/mol. The molecular weight excluding hydrogens is 198 g/mol. The molecule has 1 aliphatic heterocycles. The third-order valence-electron chi connectivity index (χ3n) is 2.04. The molecule has 0 bridgehead atoms. The van der Waals surface area contributed by atoms with Crippen molar-refractivity contribution in [2.45, 2.75) is 6.10 Å². The number of ether oxygens (including phenoxy) is 2. The highest BCUT2D eigenvalue weighted by atomic mass is 16.6. The number of benzene rings is 1. The SMILES string of the molecule is COC(=O)C1Oc2ccccc2NC1=O. The molecule has 0 radical (unpaired) electrons. The lowest BCUT2D eigenvalue weighted by molar-refractivity contribution is -0.152. The predicted molar refractivity (Wildman–Crippen MR) is 51.5 cm³/mol. The Kier molecular flexibility index (Phi) is 2.29. The zero-order valence-corrected chi connectivity index (χ0v) is 8.02. The summed E-state index contributed by atoms with van der Waals surface area (Å²) in [4.78, 5) is 22.6. The highest BCUT2D eigenvalue weighted by Crippen LogP contribution is 2.28. The smallest absolute Gasteiger partial charge is 0.357 e. The Morgan fingerprint density at radius 3 is 2.93 bits per heavy atom. The quantitative estimate of drug-likeness (QED) is 0.539. The molecule has 0 spiro atoms. The monoisotopic (exact) mass is 207 g/mol. The third-order valence-corrected chi connectivity index (χ3v) is 2.04. The van der Waals surface area contributed by atoms with E-state index in [0.29, 0.717) is 11.4 Å². The molecule has 5 heteroatoms. The van der Waals surface area contributed by atoms with Crippen LogP contribution in [0, 0.1) is 0 Å². The highest BCUT2D eigenvalue weighted by molar-refractivity contribution is 6.09. The second-order valence-electron chi connectivity index (χ2n) is 3.01. The highest BCUT2D eigenvalue weighted by Gasteiger charge is 2.34. The van der Waals surface area contributed by atoms with Crippen molar-refractivity contribution in [2.75, 3.05) is 12.4 Å². The van der Waals surface area contributed by atoms with E-state index in [1.54, 1.807) is 24.3 Å². The Balaban J connectivity index is 2.29. The molecule has 0 saturated heterocycles. The first-order valence-electron chi connectivity index (χ1n) is 4.37. The summed E-state index contributed by atoms with van der Waals surface area (Å²) in [6, 6.07) is 6.89. The van der Waals surface area contributed by atoms with Crippen molar-refractivity contribution in [2.24, 2.45) is 0 Å².